The number of carbonyl (C=O) groups excluding carboxylic acids is 3. The number of nitrogens with zero attached hydrogens (tertiary/aromatic N) is 1. The van der Waals surface area contributed by atoms with Gasteiger partial charge in [0.2, 0.25) is 6.41 Å². The average molecular weight is 164 g/mol. The van der Waals surface area contributed by atoms with Crippen molar-refractivity contribution in [2.24, 2.45) is 0 Å². The fraction of sp³-hybridized carbons (Fsp3) is 0. The first kappa shape index (κ1) is 6.78. The van der Waals surface area contributed by atoms with Gasteiger partial charge in [0, 0.05) is 12.4 Å². The Hall–Kier alpha value is -1.91. The molecular weight excluding hydrogens is 160 g/mol. The lowest BCUT2D eigenvalue weighted by Gasteiger charge is -2.00. The minimum Gasteiger partial charge on any atom is -0.328 e. The summed E-state index contributed by atoms with van der Waals surface area (Å²) in [6.45, 7) is 0. The van der Waals surface area contributed by atoms with Gasteiger partial charge in [0.1, 0.15) is 0 Å². The van der Waals surface area contributed by atoms with Crippen LogP contribution in [-0.2, 0) is 14.4 Å². The van der Waals surface area contributed by atoms with Crippen LogP contribution in [0.1, 0.15) is 0 Å². The average Bonchev–Trinajstić information content (AvgIpc) is 2.55. The van der Waals surface area contributed by atoms with E-state index in [0.717, 1.165) is 4.90 Å². The Kier molecular flexibility index (Phi) is 1.15. The van der Waals surface area contributed by atoms with Gasteiger partial charge >= 0.3 is 0 Å². The van der Waals surface area contributed by atoms with E-state index in [9.17, 15) is 14.4 Å². The van der Waals surface area contributed by atoms with Crippen LogP contribution in [0.3, 0.4) is 0 Å². The maximum Gasteiger partial charge on any atom is 0.266 e. The summed E-state index contributed by atoms with van der Waals surface area (Å²) in [5.41, 5.74) is 0.513. The third kappa shape index (κ3) is 0.646. The molecule has 2 rings (SSSR count). The third-order valence-electron chi connectivity index (χ3n) is 1.73. The molecule has 0 aromatic heterocycles. The summed E-state index contributed by atoms with van der Waals surface area (Å²) in [4.78, 5) is 33.2. The van der Waals surface area contributed by atoms with Crippen molar-refractivity contribution in [1.82, 2.24) is 10.2 Å². The van der Waals surface area contributed by atoms with Gasteiger partial charge < -0.3 is 5.32 Å². The minimum absolute atomic E-state index is 0.257. The summed E-state index contributed by atoms with van der Waals surface area (Å²) in [5.74, 6) is -0.805. The third-order valence-corrected chi connectivity index (χ3v) is 1.73. The van der Waals surface area contributed by atoms with E-state index in [1.54, 1.807) is 0 Å². The van der Waals surface area contributed by atoms with Gasteiger partial charge in [-0.2, -0.15) is 0 Å². The number of carbonyl (C=O) groups is 3. The van der Waals surface area contributed by atoms with E-state index in [1.807, 2.05) is 0 Å². The number of hydrogen-bond donors (Lipinski definition) is 1. The van der Waals surface area contributed by atoms with Crippen LogP contribution in [0, 0.1) is 0 Å². The normalized spacial score (nSPS) is 20.2. The molecule has 0 saturated heterocycles. The Morgan fingerprint density at radius 2 is 2.08 bits per heavy atom. The minimum atomic E-state index is -0.460. The molecule has 2 aliphatic rings. The van der Waals surface area contributed by atoms with Crippen molar-refractivity contribution in [3.63, 3.8) is 0 Å². The lowest BCUT2D eigenvalue weighted by atomic mass is 10.2. The molecule has 0 unspecified atom stereocenters. The van der Waals surface area contributed by atoms with Crippen LogP contribution in [0.4, 0.5) is 0 Å². The van der Waals surface area contributed by atoms with E-state index in [4.69, 9.17) is 0 Å². The molecule has 1 N–H and O–H groups in total. The summed E-state index contributed by atoms with van der Waals surface area (Å²) >= 11 is 0. The number of imide groups is 1. The Bertz CT molecular complexity index is 354. The zero-order valence-corrected chi connectivity index (χ0v) is 5.90. The molecule has 0 aromatic rings. The van der Waals surface area contributed by atoms with Crippen molar-refractivity contribution < 1.29 is 14.4 Å². The standard InChI is InChI=1S/C7H4N2O3/c10-3-9-2-5-4(7(9)12)1-8-6(5)11/h1-3H,(H,8,11). The first-order chi connectivity index (χ1) is 5.74. The number of rotatable bonds is 1. The van der Waals surface area contributed by atoms with E-state index in [-0.39, 0.29) is 17.1 Å². The molecule has 3 amide bonds. The van der Waals surface area contributed by atoms with E-state index in [0.29, 0.717) is 6.41 Å². The van der Waals surface area contributed by atoms with Crippen molar-refractivity contribution in [3.05, 3.63) is 23.5 Å². The van der Waals surface area contributed by atoms with Gasteiger partial charge in [-0.3, -0.25) is 19.3 Å². The topological polar surface area (TPSA) is 66.5 Å². The van der Waals surface area contributed by atoms with Crippen molar-refractivity contribution in [3.8, 4) is 0 Å². The Morgan fingerprint density at radius 3 is 2.67 bits per heavy atom. The van der Waals surface area contributed by atoms with Crippen molar-refractivity contribution in [2.45, 2.75) is 0 Å². The van der Waals surface area contributed by atoms with Gasteiger partial charge in [-0.1, -0.05) is 0 Å². The first-order valence-electron chi connectivity index (χ1n) is 3.25. The smallest absolute Gasteiger partial charge is 0.266 e. The summed E-state index contributed by atoms with van der Waals surface area (Å²) in [6, 6.07) is 0. The fourth-order valence-electron chi connectivity index (χ4n) is 1.14. The van der Waals surface area contributed by atoms with Crippen LogP contribution in [0.5, 0.6) is 0 Å². The fourth-order valence-corrected chi connectivity index (χ4v) is 1.14. The second-order valence-electron chi connectivity index (χ2n) is 2.39. The van der Waals surface area contributed by atoms with Crippen molar-refractivity contribution in [1.29, 1.82) is 0 Å². The quantitative estimate of drug-likeness (QED) is 0.499. The molecule has 0 fully saturated rings. The Labute approximate surface area is 67.3 Å². The molecule has 0 atom stereocenters. The Balaban J connectivity index is 2.46. The van der Waals surface area contributed by atoms with Crippen LogP contribution in [0.25, 0.3) is 0 Å². The second-order valence-corrected chi connectivity index (χ2v) is 2.39. The summed E-state index contributed by atoms with van der Waals surface area (Å²) in [6.07, 6.45) is 2.91. The number of amides is 3. The van der Waals surface area contributed by atoms with Crippen LogP contribution in [0.2, 0.25) is 0 Å². The molecule has 0 saturated carbocycles. The number of nitrogens with one attached hydrogen (secondary N) is 1. The number of hydrogen-bond acceptors (Lipinski definition) is 3. The SMILES string of the molecule is O=CN1C=C2C(=O)NC=C2C1=O. The molecule has 2 heterocycles. The molecule has 0 aliphatic carbocycles. The van der Waals surface area contributed by atoms with Crippen LogP contribution < -0.4 is 5.32 Å². The highest BCUT2D eigenvalue weighted by Crippen LogP contribution is 2.24. The van der Waals surface area contributed by atoms with E-state index >= 15 is 0 Å². The highest BCUT2D eigenvalue weighted by atomic mass is 16.2. The van der Waals surface area contributed by atoms with Gasteiger partial charge in [-0.15, -0.1) is 0 Å². The van der Waals surface area contributed by atoms with Crippen molar-refractivity contribution in [2.75, 3.05) is 0 Å². The molecule has 60 valence electrons. The summed E-state index contributed by atoms with van der Waals surface area (Å²) in [7, 11) is 0. The molecule has 12 heavy (non-hydrogen) atoms. The van der Waals surface area contributed by atoms with Crippen molar-refractivity contribution >= 4 is 18.2 Å². The maximum atomic E-state index is 11.1. The lowest BCUT2D eigenvalue weighted by molar-refractivity contribution is -0.131. The van der Waals surface area contributed by atoms with Crippen LogP contribution >= 0.6 is 0 Å². The molecule has 0 spiro atoms. The van der Waals surface area contributed by atoms with Gasteiger partial charge in [0.25, 0.3) is 11.8 Å². The Morgan fingerprint density at radius 1 is 1.33 bits per heavy atom. The van der Waals surface area contributed by atoms with Gasteiger partial charge in [0.05, 0.1) is 11.1 Å². The molecule has 0 radical (unpaired) electrons. The first-order valence-corrected chi connectivity index (χ1v) is 3.25. The maximum absolute atomic E-state index is 11.1. The van der Waals surface area contributed by atoms with Crippen LogP contribution in [-0.4, -0.2) is 23.1 Å². The van der Waals surface area contributed by atoms with Gasteiger partial charge in [-0.05, 0) is 0 Å². The molecule has 0 bridgehead atoms. The van der Waals surface area contributed by atoms with Gasteiger partial charge in [0.15, 0.2) is 0 Å². The predicted octanol–water partition coefficient (Wildman–Crippen LogP) is -1.12. The van der Waals surface area contributed by atoms with E-state index < -0.39 is 5.91 Å². The molecule has 0 aromatic carbocycles. The van der Waals surface area contributed by atoms with E-state index in [2.05, 4.69) is 5.32 Å². The highest BCUT2D eigenvalue weighted by Gasteiger charge is 2.34. The monoisotopic (exact) mass is 164 g/mol. The molecule has 5 nitrogen and oxygen atoms in total. The van der Waals surface area contributed by atoms with E-state index in [1.165, 1.54) is 12.4 Å². The molecular formula is C7H4N2O3. The summed E-state index contributed by atoms with van der Waals surface area (Å²) < 4.78 is 0. The molecule has 2 aliphatic heterocycles. The molecule has 5 heteroatoms. The summed E-state index contributed by atoms with van der Waals surface area (Å²) in [5, 5.41) is 2.36. The number of fused-ring (bicyclic) bond motifs is 1. The largest absolute Gasteiger partial charge is 0.328 e. The highest BCUT2D eigenvalue weighted by molar-refractivity contribution is 6.19. The zero-order chi connectivity index (χ0) is 8.72. The zero-order valence-electron chi connectivity index (χ0n) is 5.90. The van der Waals surface area contributed by atoms with Gasteiger partial charge in [-0.25, -0.2) is 0 Å². The predicted molar refractivity (Wildman–Crippen MR) is 37.2 cm³/mol. The lowest BCUT2D eigenvalue weighted by Crippen LogP contribution is -2.20. The second kappa shape index (κ2) is 2.04. The van der Waals surface area contributed by atoms with Crippen LogP contribution in [0.15, 0.2) is 23.5 Å².